The average Bonchev–Trinajstić information content (AvgIpc) is 3.44. The maximum atomic E-state index is 12.7. The fraction of sp³-hybridized carbons (Fsp3) is 0.381. The van der Waals surface area contributed by atoms with E-state index in [4.69, 9.17) is 16.3 Å². The fourth-order valence-electron chi connectivity index (χ4n) is 4.51. The van der Waals surface area contributed by atoms with E-state index in [1.54, 1.807) is 0 Å². The van der Waals surface area contributed by atoms with Gasteiger partial charge in [0.15, 0.2) is 6.61 Å². The maximum absolute atomic E-state index is 12.7. The smallest absolute Gasteiger partial charge is 0.329 e. The van der Waals surface area contributed by atoms with Crippen LogP contribution < -0.4 is 10.9 Å². The maximum Gasteiger partial charge on any atom is 0.329 e. The highest BCUT2D eigenvalue weighted by molar-refractivity contribution is 6.30. The lowest BCUT2D eigenvalue weighted by molar-refractivity contribution is -0.160. The van der Waals surface area contributed by atoms with Gasteiger partial charge in [0.2, 0.25) is 11.8 Å². The van der Waals surface area contributed by atoms with Crippen molar-refractivity contribution in [1.29, 1.82) is 0 Å². The normalized spacial score (nSPS) is 26.6. The van der Waals surface area contributed by atoms with Gasteiger partial charge in [-0.1, -0.05) is 23.8 Å². The molecule has 0 aromatic heterocycles. The molecule has 2 fully saturated rings. The molecule has 1 saturated carbocycles. The molecule has 3 aliphatic rings. The van der Waals surface area contributed by atoms with Crippen LogP contribution in [0.15, 0.2) is 36.4 Å². The zero-order valence-corrected chi connectivity index (χ0v) is 17.3. The molecule has 162 valence electrons. The van der Waals surface area contributed by atoms with Crippen molar-refractivity contribution in [2.75, 3.05) is 6.61 Å². The van der Waals surface area contributed by atoms with E-state index in [2.05, 4.69) is 10.9 Å². The Balaban J connectivity index is 1.26. The van der Waals surface area contributed by atoms with Crippen LogP contribution in [0, 0.1) is 23.7 Å². The van der Waals surface area contributed by atoms with E-state index in [0.717, 1.165) is 11.3 Å². The van der Waals surface area contributed by atoms with Crippen molar-refractivity contribution in [3.8, 4) is 0 Å². The molecule has 2 bridgehead atoms. The third kappa shape index (κ3) is 3.81. The number of benzene rings is 1. The number of hydrogen-bond acceptors (Lipinski definition) is 6. The van der Waals surface area contributed by atoms with Crippen LogP contribution in [0.1, 0.15) is 23.7 Å². The van der Waals surface area contributed by atoms with E-state index >= 15 is 0 Å². The second-order valence-corrected chi connectivity index (χ2v) is 8.28. The Labute approximate surface area is 182 Å². The first-order valence-corrected chi connectivity index (χ1v) is 10.2. The van der Waals surface area contributed by atoms with Crippen LogP contribution in [0.3, 0.4) is 0 Å². The van der Waals surface area contributed by atoms with Gasteiger partial charge >= 0.3 is 5.97 Å². The molecule has 0 unspecified atom stereocenters. The van der Waals surface area contributed by atoms with Gasteiger partial charge in [-0.15, -0.1) is 0 Å². The van der Waals surface area contributed by atoms with E-state index < -0.39 is 42.3 Å². The van der Waals surface area contributed by atoms with Crippen LogP contribution in [-0.4, -0.2) is 47.1 Å². The topological polar surface area (TPSA) is 122 Å². The second-order valence-electron chi connectivity index (χ2n) is 7.84. The Kier molecular flexibility index (Phi) is 5.53. The number of allylic oxidation sites excluding steroid dienone is 2. The van der Waals surface area contributed by atoms with E-state index in [9.17, 15) is 24.0 Å². The number of hydrazine groups is 1. The third-order valence-corrected chi connectivity index (χ3v) is 6.25. The fourth-order valence-corrected chi connectivity index (χ4v) is 4.63. The molecule has 31 heavy (non-hydrogen) atoms. The van der Waals surface area contributed by atoms with Gasteiger partial charge in [0, 0.05) is 10.6 Å². The molecule has 1 saturated heterocycles. The lowest BCUT2D eigenvalue weighted by Gasteiger charge is -2.23. The summed E-state index contributed by atoms with van der Waals surface area (Å²) in [6, 6.07) is 4.87. The summed E-state index contributed by atoms with van der Waals surface area (Å²) in [4.78, 5) is 62.6. The first-order valence-electron chi connectivity index (χ1n) is 9.84. The Bertz CT molecular complexity index is 961. The molecule has 2 aliphatic carbocycles. The van der Waals surface area contributed by atoms with E-state index in [1.807, 2.05) is 12.2 Å². The standard InChI is InChI=1S/C21H20ClN3O6/c1-10(25-19(28)16-12-2-3-13(8-12)17(16)20(25)29)21(30)31-9-15(26)23-24-18(27)11-4-6-14(22)7-5-11/h2-7,10,12-13,16-17H,8-9H2,1H3,(H,23,26)(H,24,27)/t10-,12+,13+,16-,17-/m1/s1. The number of ether oxygens (including phenoxy) is 1. The molecule has 0 radical (unpaired) electrons. The van der Waals surface area contributed by atoms with Crippen LogP contribution in [0.25, 0.3) is 0 Å². The van der Waals surface area contributed by atoms with Gasteiger partial charge in [0.05, 0.1) is 11.8 Å². The zero-order valence-electron chi connectivity index (χ0n) is 16.5. The third-order valence-electron chi connectivity index (χ3n) is 6.00. The minimum absolute atomic E-state index is 0.0368. The number of imide groups is 1. The van der Waals surface area contributed by atoms with Crippen LogP contribution in [-0.2, 0) is 23.9 Å². The number of esters is 1. The number of halogens is 1. The van der Waals surface area contributed by atoms with Crippen molar-refractivity contribution in [1.82, 2.24) is 15.8 Å². The van der Waals surface area contributed by atoms with Gasteiger partial charge in [-0.05, 0) is 49.4 Å². The van der Waals surface area contributed by atoms with Crippen molar-refractivity contribution in [2.45, 2.75) is 19.4 Å². The molecule has 1 heterocycles. The number of hydrogen-bond donors (Lipinski definition) is 2. The molecule has 2 N–H and O–H groups in total. The molecular formula is C21H20ClN3O6. The molecule has 5 atom stereocenters. The number of nitrogens with one attached hydrogen (secondary N) is 2. The Morgan fingerprint density at radius 3 is 2.23 bits per heavy atom. The van der Waals surface area contributed by atoms with Crippen LogP contribution >= 0.6 is 11.6 Å². The molecule has 4 rings (SSSR count). The minimum atomic E-state index is -1.14. The number of carbonyl (C=O) groups excluding carboxylic acids is 5. The van der Waals surface area contributed by atoms with Gasteiger partial charge in [-0.2, -0.15) is 0 Å². The van der Waals surface area contributed by atoms with Crippen molar-refractivity contribution >= 4 is 41.2 Å². The predicted octanol–water partition coefficient (Wildman–Crippen LogP) is 0.840. The van der Waals surface area contributed by atoms with Crippen molar-refractivity contribution in [2.24, 2.45) is 23.7 Å². The first-order chi connectivity index (χ1) is 14.8. The molecule has 1 aromatic carbocycles. The summed E-state index contributed by atoms with van der Waals surface area (Å²) < 4.78 is 4.94. The molecule has 10 heteroatoms. The molecular weight excluding hydrogens is 426 g/mol. The quantitative estimate of drug-likeness (QED) is 0.300. The lowest BCUT2D eigenvalue weighted by atomic mass is 9.85. The van der Waals surface area contributed by atoms with Gasteiger partial charge < -0.3 is 4.74 Å². The Hall–Kier alpha value is -3.20. The Morgan fingerprint density at radius 2 is 1.65 bits per heavy atom. The molecule has 1 aromatic rings. The summed E-state index contributed by atoms with van der Waals surface area (Å²) in [7, 11) is 0. The molecule has 9 nitrogen and oxygen atoms in total. The highest BCUT2D eigenvalue weighted by Crippen LogP contribution is 2.52. The largest absolute Gasteiger partial charge is 0.454 e. The molecule has 4 amide bonds. The summed E-state index contributed by atoms with van der Waals surface area (Å²) in [5.74, 6) is -3.71. The number of nitrogens with zero attached hydrogens (tertiary/aromatic N) is 1. The monoisotopic (exact) mass is 445 g/mol. The molecule has 1 aliphatic heterocycles. The number of amides is 4. The van der Waals surface area contributed by atoms with Gasteiger partial charge in [-0.3, -0.25) is 34.9 Å². The van der Waals surface area contributed by atoms with Crippen LogP contribution in [0.4, 0.5) is 0 Å². The van der Waals surface area contributed by atoms with Crippen molar-refractivity contribution < 1.29 is 28.7 Å². The summed E-state index contributed by atoms with van der Waals surface area (Å²) in [5, 5.41) is 0.462. The molecule has 0 spiro atoms. The van der Waals surface area contributed by atoms with E-state index in [-0.39, 0.29) is 29.2 Å². The number of fused-ring (bicyclic) bond motifs is 5. The number of carbonyl (C=O) groups is 5. The predicted molar refractivity (Wildman–Crippen MR) is 107 cm³/mol. The number of likely N-dealkylation sites (tertiary alicyclic amines) is 1. The Morgan fingerprint density at radius 1 is 1.06 bits per heavy atom. The summed E-state index contributed by atoms with van der Waals surface area (Å²) in [6.45, 7) is 0.717. The van der Waals surface area contributed by atoms with Crippen molar-refractivity contribution in [3.63, 3.8) is 0 Å². The zero-order chi connectivity index (χ0) is 22.3. The summed E-state index contributed by atoms with van der Waals surface area (Å²) in [6.07, 6.45) is 4.72. The first kappa shape index (κ1) is 21.0. The second kappa shape index (κ2) is 8.14. The highest BCUT2D eigenvalue weighted by Gasteiger charge is 2.60. The van der Waals surface area contributed by atoms with Gasteiger partial charge in [-0.25, -0.2) is 4.79 Å². The summed E-state index contributed by atoms with van der Waals surface area (Å²) >= 11 is 5.75. The SMILES string of the molecule is C[C@H](C(=O)OCC(=O)NNC(=O)c1ccc(Cl)cc1)N1C(=O)[C@H]2[C@H](C1=O)[C@H]1C=C[C@H]2C1. The van der Waals surface area contributed by atoms with E-state index in [0.29, 0.717) is 5.02 Å². The van der Waals surface area contributed by atoms with Crippen LogP contribution in [0.2, 0.25) is 5.02 Å². The average molecular weight is 446 g/mol. The lowest BCUT2D eigenvalue weighted by Crippen LogP contribution is -2.47. The van der Waals surface area contributed by atoms with Gasteiger partial charge in [0.1, 0.15) is 6.04 Å². The summed E-state index contributed by atoms with van der Waals surface area (Å²) in [5.41, 5.74) is 4.58. The van der Waals surface area contributed by atoms with Crippen LogP contribution in [0.5, 0.6) is 0 Å². The number of rotatable bonds is 5. The highest BCUT2D eigenvalue weighted by atomic mass is 35.5. The minimum Gasteiger partial charge on any atom is -0.454 e. The van der Waals surface area contributed by atoms with Gasteiger partial charge in [0.25, 0.3) is 11.8 Å². The van der Waals surface area contributed by atoms with E-state index in [1.165, 1.54) is 31.2 Å². The van der Waals surface area contributed by atoms with Crippen molar-refractivity contribution in [3.05, 3.63) is 47.0 Å².